The molecule has 1 unspecified atom stereocenters. The zero-order chi connectivity index (χ0) is 18.7. The number of fused-ring (bicyclic) bond motifs is 1. The van der Waals surface area contributed by atoms with E-state index in [1.807, 2.05) is 54.6 Å². The molecule has 1 aliphatic heterocycles. The van der Waals surface area contributed by atoms with Crippen LogP contribution in [0.3, 0.4) is 0 Å². The molecule has 2 aromatic rings. The van der Waals surface area contributed by atoms with Crippen LogP contribution in [0.4, 0.5) is 0 Å². The van der Waals surface area contributed by atoms with E-state index < -0.39 is 0 Å². The Labute approximate surface area is 158 Å². The first-order valence-corrected chi connectivity index (χ1v) is 9.40. The molecular weight excluding hydrogens is 342 g/mol. The van der Waals surface area contributed by atoms with Crippen LogP contribution in [-0.4, -0.2) is 25.1 Å². The first-order chi connectivity index (χ1) is 13.2. The van der Waals surface area contributed by atoms with E-state index in [-0.39, 0.29) is 36.5 Å². The van der Waals surface area contributed by atoms with Gasteiger partial charge in [-0.15, -0.1) is 0 Å². The second-order valence-electron chi connectivity index (χ2n) is 7.28. The predicted octanol–water partition coefficient (Wildman–Crippen LogP) is 2.98. The standard InChI is InChI=1S/C22H23NO4/c24-20(23-22(11-6-12-22)18-8-2-1-3-9-18)15-27-21(25)17-13-16-7-4-5-10-19(16)26-14-17/h1-5,7-10,17H,6,11-15H2,(H,23,24). The van der Waals surface area contributed by atoms with Crippen molar-refractivity contribution in [3.8, 4) is 5.75 Å². The summed E-state index contributed by atoms with van der Waals surface area (Å²) in [5.74, 6) is -0.209. The minimum absolute atomic E-state index is 0.258. The second kappa shape index (κ2) is 7.43. The van der Waals surface area contributed by atoms with Gasteiger partial charge in [0, 0.05) is 0 Å². The van der Waals surface area contributed by atoms with E-state index in [2.05, 4.69) is 5.32 Å². The molecule has 4 rings (SSSR count). The minimum Gasteiger partial charge on any atom is -0.492 e. The van der Waals surface area contributed by atoms with Gasteiger partial charge in [-0.3, -0.25) is 9.59 Å². The molecule has 0 spiro atoms. The van der Waals surface area contributed by atoms with Crippen molar-refractivity contribution in [2.24, 2.45) is 5.92 Å². The Morgan fingerprint density at radius 3 is 2.56 bits per heavy atom. The summed E-state index contributed by atoms with van der Waals surface area (Å²) in [6, 6.07) is 17.6. The van der Waals surface area contributed by atoms with Crippen LogP contribution in [0.15, 0.2) is 54.6 Å². The largest absolute Gasteiger partial charge is 0.492 e. The van der Waals surface area contributed by atoms with Gasteiger partial charge in [-0.05, 0) is 42.9 Å². The lowest BCUT2D eigenvalue weighted by Crippen LogP contribution is -2.52. The SMILES string of the molecule is O=C(COC(=O)C1COc2ccccc2C1)NC1(c2ccccc2)CCC1. The predicted molar refractivity (Wildman–Crippen MR) is 100 cm³/mol. The molecule has 1 amide bonds. The summed E-state index contributed by atoms with van der Waals surface area (Å²) < 4.78 is 10.9. The molecular formula is C22H23NO4. The highest BCUT2D eigenvalue weighted by Crippen LogP contribution is 2.41. The Kier molecular flexibility index (Phi) is 4.84. The van der Waals surface area contributed by atoms with E-state index in [9.17, 15) is 9.59 Å². The maximum atomic E-state index is 12.4. The molecule has 2 aliphatic rings. The van der Waals surface area contributed by atoms with Crippen molar-refractivity contribution in [3.05, 3.63) is 65.7 Å². The van der Waals surface area contributed by atoms with Gasteiger partial charge in [0.2, 0.25) is 0 Å². The fraction of sp³-hybridized carbons (Fsp3) is 0.364. The fourth-order valence-corrected chi connectivity index (χ4v) is 3.81. The van der Waals surface area contributed by atoms with Gasteiger partial charge in [0.05, 0.1) is 11.5 Å². The normalized spacial score (nSPS) is 19.8. The molecule has 0 bridgehead atoms. The maximum Gasteiger partial charge on any atom is 0.313 e. The fourth-order valence-electron chi connectivity index (χ4n) is 3.81. The number of hydrogen-bond donors (Lipinski definition) is 1. The van der Waals surface area contributed by atoms with Crippen LogP contribution in [0.2, 0.25) is 0 Å². The van der Waals surface area contributed by atoms with E-state index in [0.29, 0.717) is 6.42 Å². The molecule has 5 nitrogen and oxygen atoms in total. The van der Waals surface area contributed by atoms with E-state index in [4.69, 9.17) is 9.47 Å². The molecule has 1 N–H and O–H groups in total. The molecule has 140 valence electrons. The third-order valence-corrected chi connectivity index (χ3v) is 5.47. The van der Waals surface area contributed by atoms with Crippen molar-refractivity contribution in [2.45, 2.75) is 31.2 Å². The number of hydrogen-bond acceptors (Lipinski definition) is 4. The van der Waals surface area contributed by atoms with Crippen LogP contribution in [0.1, 0.15) is 30.4 Å². The third kappa shape index (κ3) is 3.68. The number of rotatable bonds is 5. The maximum absolute atomic E-state index is 12.4. The molecule has 1 saturated carbocycles. The Balaban J connectivity index is 1.31. The smallest absolute Gasteiger partial charge is 0.313 e. The van der Waals surface area contributed by atoms with Crippen LogP contribution < -0.4 is 10.1 Å². The number of amides is 1. The summed E-state index contributed by atoms with van der Waals surface area (Å²) in [4.78, 5) is 24.7. The van der Waals surface area contributed by atoms with Gasteiger partial charge in [0.15, 0.2) is 6.61 Å². The highest BCUT2D eigenvalue weighted by molar-refractivity contribution is 5.82. The molecule has 2 aromatic carbocycles. The van der Waals surface area contributed by atoms with Gasteiger partial charge in [-0.2, -0.15) is 0 Å². The van der Waals surface area contributed by atoms with E-state index in [1.165, 1.54) is 0 Å². The van der Waals surface area contributed by atoms with Gasteiger partial charge in [0.25, 0.3) is 5.91 Å². The van der Waals surface area contributed by atoms with Crippen LogP contribution in [0.5, 0.6) is 5.75 Å². The van der Waals surface area contributed by atoms with E-state index in [0.717, 1.165) is 36.1 Å². The topological polar surface area (TPSA) is 64.6 Å². The zero-order valence-electron chi connectivity index (χ0n) is 15.1. The van der Waals surface area contributed by atoms with Crippen LogP contribution in [0, 0.1) is 5.92 Å². The molecule has 1 heterocycles. The van der Waals surface area contributed by atoms with Crippen LogP contribution in [-0.2, 0) is 26.3 Å². The van der Waals surface area contributed by atoms with Crippen molar-refractivity contribution in [2.75, 3.05) is 13.2 Å². The van der Waals surface area contributed by atoms with Crippen molar-refractivity contribution < 1.29 is 19.1 Å². The van der Waals surface area contributed by atoms with Crippen molar-refractivity contribution in [1.29, 1.82) is 0 Å². The summed E-state index contributed by atoms with van der Waals surface area (Å²) in [7, 11) is 0. The van der Waals surface area contributed by atoms with Gasteiger partial charge in [0.1, 0.15) is 12.4 Å². The Morgan fingerprint density at radius 1 is 1.07 bits per heavy atom. The minimum atomic E-state index is -0.387. The monoisotopic (exact) mass is 365 g/mol. The van der Waals surface area contributed by atoms with Crippen molar-refractivity contribution in [1.82, 2.24) is 5.32 Å². The summed E-state index contributed by atoms with van der Waals surface area (Å²) in [5.41, 5.74) is 1.78. The molecule has 0 aromatic heterocycles. The Bertz CT molecular complexity index is 829. The number of carbonyl (C=O) groups excluding carboxylic acids is 2. The summed E-state index contributed by atoms with van der Waals surface area (Å²) >= 11 is 0. The lowest BCUT2D eigenvalue weighted by atomic mass is 9.72. The number of para-hydroxylation sites is 1. The van der Waals surface area contributed by atoms with Crippen LogP contribution in [0.25, 0.3) is 0 Å². The van der Waals surface area contributed by atoms with Gasteiger partial charge < -0.3 is 14.8 Å². The Morgan fingerprint density at radius 2 is 1.81 bits per heavy atom. The molecule has 0 radical (unpaired) electrons. The quantitative estimate of drug-likeness (QED) is 0.828. The summed E-state index contributed by atoms with van der Waals surface area (Å²) in [5, 5.41) is 3.07. The Hall–Kier alpha value is -2.82. The van der Waals surface area contributed by atoms with Gasteiger partial charge in [-0.25, -0.2) is 0 Å². The summed E-state index contributed by atoms with van der Waals surface area (Å²) in [6.45, 7) is 0.0248. The number of esters is 1. The number of carbonyl (C=O) groups is 2. The highest BCUT2D eigenvalue weighted by atomic mass is 16.5. The third-order valence-electron chi connectivity index (χ3n) is 5.47. The molecule has 27 heavy (non-hydrogen) atoms. The van der Waals surface area contributed by atoms with Gasteiger partial charge in [-0.1, -0.05) is 48.5 Å². The number of benzene rings is 2. The lowest BCUT2D eigenvalue weighted by molar-refractivity contribution is -0.154. The molecule has 1 fully saturated rings. The molecule has 0 saturated heterocycles. The van der Waals surface area contributed by atoms with Crippen molar-refractivity contribution in [3.63, 3.8) is 0 Å². The molecule has 1 aliphatic carbocycles. The highest BCUT2D eigenvalue weighted by Gasteiger charge is 2.40. The first kappa shape index (κ1) is 17.6. The molecule has 5 heteroatoms. The zero-order valence-corrected chi connectivity index (χ0v) is 15.1. The second-order valence-corrected chi connectivity index (χ2v) is 7.28. The van der Waals surface area contributed by atoms with E-state index >= 15 is 0 Å². The average molecular weight is 365 g/mol. The number of ether oxygens (including phenoxy) is 2. The number of nitrogens with one attached hydrogen (secondary N) is 1. The average Bonchev–Trinajstić information content (AvgIpc) is 2.69. The first-order valence-electron chi connectivity index (χ1n) is 9.40. The van der Waals surface area contributed by atoms with Crippen molar-refractivity contribution >= 4 is 11.9 Å². The van der Waals surface area contributed by atoms with E-state index in [1.54, 1.807) is 0 Å². The molecule has 1 atom stereocenters. The van der Waals surface area contributed by atoms with Crippen LogP contribution >= 0.6 is 0 Å². The summed E-state index contributed by atoms with van der Waals surface area (Å²) in [6.07, 6.45) is 3.46. The lowest BCUT2D eigenvalue weighted by Gasteiger charge is -2.43. The van der Waals surface area contributed by atoms with Gasteiger partial charge >= 0.3 is 5.97 Å².